The topological polar surface area (TPSA) is 45.2 Å². The Bertz CT molecular complexity index is 1540. The van der Waals surface area contributed by atoms with Gasteiger partial charge in [0, 0.05) is 24.3 Å². The second-order valence-corrected chi connectivity index (χ2v) is 15.2. The third-order valence-electron chi connectivity index (χ3n) is 7.98. The van der Waals surface area contributed by atoms with Gasteiger partial charge in [0.15, 0.2) is 0 Å². The highest BCUT2D eigenvalue weighted by molar-refractivity contribution is 7.84. The van der Waals surface area contributed by atoms with E-state index in [-0.39, 0.29) is 16.2 Å². The van der Waals surface area contributed by atoms with Crippen LogP contribution in [0.5, 0.6) is 0 Å². The van der Waals surface area contributed by atoms with Gasteiger partial charge in [-0.05, 0) is 80.8 Å². The van der Waals surface area contributed by atoms with E-state index < -0.39 is 11.0 Å². The van der Waals surface area contributed by atoms with E-state index in [9.17, 15) is 4.21 Å². The molecule has 0 saturated carbocycles. The molecule has 38 heavy (non-hydrogen) atoms. The van der Waals surface area contributed by atoms with E-state index in [0.717, 1.165) is 53.1 Å². The van der Waals surface area contributed by atoms with Crippen LogP contribution >= 0.6 is 34.5 Å². The SMILES string of the molecule is CC(C)(C)S(=O)N[C@@H]1c2ccccc2CC12CCN(c1ccc3sc(-c4cccc(Cl)c4Cl)nc3c1)CC2. The lowest BCUT2D eigenvalue weighted by Crippen LogP contribution is -2.47. The first-order chi connectivity index (χ1) is 18.1. The maximum atomic E-state index is 13.2. The van der Waals surface area contributed by atoms with E-state index in [0.29, 0.717) is 10.0 Å². The number of aromatic nitrogens is 1. The molecule has 1 saturated heterocycles. The minimum absolute atomic E-state index is 0.0718. The minimum atomic E-state index is -1.13. The maximum absolute atomic E-state index is 13.2. The third kappa shape index (κ3) is 4.69. The summed E-state index contributed by atoms with van der Waals surface area (Å²) in [5.41, 5.74) is 5.82. The number of hydrogen-bond donors (Lipinski definition) is 1. The first-order valence-electron chi connectivity index (χ1n) is 13.0. The molecule has 1 aliphatic heterocycles. The van der Waals surface area contributed by atoms with Crippen LogP contribution in [0.1, 0.15) is 50.8 Å². The molecule has 198 valence electrons. The van der Waals surface area contributed by atoms with Gasteiger partial charge in [-0.15, -0.1) is 11.3 Å². The number of nitrogens with zero attached hydrogens (tertiary/aromatic N) is 2. The quantitative estimate of drug-likeness (QED) is 0.263. The molecule has 4 aromatic rings. The van der Waals surface area contributed by atoms with Crippen LogP contribution in [0.25, 0.3) is 20.8 Å². The largest absolute Gasteiger partial charge is 0.371 e. The number of hydrogen-bond acceptors (Lipinski definition) is 4. The van der Waals surface area contributed by atoms with Crippen molar-refractivity contribution in [2.45, 2.75) is 50.8 Å². The summed E-state index contributed by atoms with van der Waals surface area (Å²) in [6, 6.07) is 21.0. The molecule has 1 spiro atoms. The highest BCUT2D eigenvalue weighted by atomic mass is 35.5. The molecule has 4 nitrogen and oxygen atoms in total. The predicted molar refractivity (Wildman–Crippen MR) is 163 cm³/mol. The Labute approximate surface area is 241 Å². The van der Waals surface area contributed by atoms with Crippen LogP contribution < -0.4 is 9.62 Å². The average molecular weight is 585 g/mol. The second kappa shape index (κ2) is 9.90. The normalized spacial score (nSPS) is 19.7. The van der Waals surface area contributed by atoms with E-state index in [2.05, 4.69) is 52.1 Å². The fourth-order valence-corrected chi connectivity index (χ4v) is 8.20. The van der Waals surface area contributed by atoms with Gasteiger partial charge in [0.2, 0.25) is 0 Å². The lowest BCUT2D eigenvalue weighted by molar-refractivity contribution is 0.177. The lowest BCUT2D eigenvalue weighted by Gasteiger charge is -2.44. The van der Waals surface area contributed by atoms with E-state index >= 15 is 0 Å². The molecule has 1 aliphatic carbocycles. The van der Waals surface area contributed by atoms with Crippen LogP contribution in [-0.4, -0.2) is 27.0 Å². The summed E-state index contributed by atoms with van der Waals surface area (Å²) in [5, 5.41) is 1.97. The second-order valence-electron chi connectivity index (χ2n) is 11.4. The molecule has 1 fully saturated rings. The van der Waals surface area contributed by atoms with Crippen molar-refractivity contribution in [3.05, 3.63) is 81.8 Å². The zero-order valence-corrected chi connectivity index (χ0v) is 24.9. The Balaban J connectivity index is 1.24. The summed E-state index contributed by atoms with van der Waals surface area (Å²) in [5.74, 6) is 0. The van der Waals surface area contributed by atoms with Gasteiger partial charge in [-0.2, -0.15) is 0 Å². The third-order valence-corrected chi connectivity index (χ3v) is 11.4. The fraction of sp³-hybridized carbons (Fsp3) is 0.367. The first-order valence-corrected chi connectivity index (χ1v) is 15.7. The molecule has 0 radical (unpaired) electrons. The van der Waals surface area contributed by atoms with E-state index in [1.54, 1.807) is 17.4 Å². The zero-order valence-electron chi connectivity index (χ0n) is 21.8. The van der Waals surface area contributed by atoms with Gasteiger partial charge in [-0.3, -0.25) is 0 Å². The van der Waals surface area contributed by atoms with E-state index in [1.165, 1.54) is 16.8 Å². The summed E-state index contributed by atoms with van der Waals surface area (Å²) >= 11 is 14.4. The standard InChI is InChI=1S/C30H31Cl2N3OS2/c1-29(2,3)38(36)34-27-21-8-5-4-7-19(21)18-30(27)13-15-35(16-14-30)20-11-12-25-24(17-20)33-28(37-25)22-9-6-10-23(31)26(22)32/h4-12,17,27,34H,13-16,18H2,1-3H3/t27-,38?/m1/s1. The summed E-state index contributed by atoms with van der Waals surface area (Å²) in [6.07, 6.45) is 3.11. The van der Waals surface area contributed by atoms with Gasteiger partial charge >= 0.3 is 0 Å². The number of piperidine rings is 1. The maximum Gasteiger partial charge on any atom is 0.126 e. The lowest BCUT2D eigenvalue weighted by atomic mass is 9.73. The van der Waals surface area contributed by atoms with Crippen molar-refractivity contribution in [2.24, 2.45) is 5.41 Å². The van der Waals surface area contributed by atoms with Gasteiger partial charge in [0.1, 0.15) is 5.01 Å². The van der Waals surface area contributed by atoms with E-state index in [1.807, 2.05) is 32.9 Å². The summed E-state index contributed by atoms with van der Waals surface area (Å²) in [7, 11) is -1.13. The molecule has 3 aromatic carbocycles. The molecule has 8 heteroatoms. The van der Waals surface area contributed by atoms with E-state index in [4.69, 9.17) is 28.2 Å². The first kappa shape index (κ1) is 26.3. The van der Waals surface area contributed by atoms with Crippen LogP contribution in [-0.2, 0) is 17.4 Å². The number of thiazole rings is 1. The number of nitrogens with one attached hydrogen (secondary N) is 1. The van der Waals surface area contributed by atoms with Crippen LogP contribution in [0.15, 0.2) is 60.7 Å². The van der Waals surface area contributed by atoms with Crippen molar-refractivity contribution in [2.75, 3.05) is 18.0 Å². The molecular formula is C30H31Cl2N3OS2. The van der Waals surface area contributed by atoms with Gasteiger partial charge in [0.05, 0.1) is 42.0 Å². The smallest absolute Gasteiger partial charge is 0.126 e. The molecule has 2 atom stereocenters. The number of anilines is 1. The van der Waals surface area contributed by atoms with Crippen LogP contribution in [0, 0.1) is 5.41 Å². The molecule has 1 unspecified atom stereocenters. The molecule has 6 rings (SSSR count). The number of halogens is 2. The van der Waals surface area contributed by atoms with Crippen molar-refractivity contribution in [3.63, 3.8) is 0 Å². The summed E-state index contributed by atoms with van der Waals surface area (Å²) < 4.78 is 17.6. The Morgan fingerprint density at radius 2 is 1.82 bits per heavy atom. The van der Waals surface area contributed by atoms with Crippen molar-refractivity contribution in [1.29, 1.82) is 0 Å². The minimum Gasteiger partial charge on any atom is -0.371 e. The van der Waals surface area contributed by atoms with Crippen LogP contribution in [0.2, 0.25) is 10.0 Å². The molecule has 2 heterocycles. The highest BCUT2D eigenvalue weighted by Gasteiger charge is 2.48. The molecular weight excluding hydrogens is 553 g/mol. The summed E-state index contributed by atoms with van der Waals surface area (Å²) in [6.45, 7) is 8.01. The Kier molecular flexibility index (Phi) is 6.84. The fourth-order valence-electron chi connectivity index (χ4n) is 5.83. The van der Waals surface area contributed by atoms with Crippen LogP contribution in [0.3, 0.4) is 0 Å². The van der Waals surface area contributed by atoms with Crippen molar-refractivity contribution < 1.29 is 4.21 Å². The summed E-state index contributed by atoms with van der Waals surface area (Å²) in [4.78, 5) is 7.38. The predicted octanol–water partition coefficient (Wildman–Crippen LogP) is 8.21. The Morgan fingerprint density at radius 3 is 2.58 bits per heavy atom. The molecule has 1 aromatic heterocycles. The highest BCUT2D eigenvalue weighted by Crippen LogP contribution is 2.53. The number of fused-ring (bicyclic) bond motifs is 2. The van der Waals surface area contributed by atoms with Crippen LogP contribution in [0.4, 0.5) is 5.69 Å². The van der Waals surface area contributed by atoms with Gasteiger partial charge in [0.25, 0.3) is 0 Å². The van der Waals surface area contributed by atoms with Crippen molar-refractivity contribution in [1.82, 2.24) is 9.71 Å². The van der Waals surface area contributed by atoms with Crippen molar-refractivity contribution >= 4 is 61.4 Å². The van der Waals surface area contributed by atoms with Gasteiger partial charge < -0.3 is 4.90 Å². The Hall–Kier alpha value is -1.96. The van der Waals surface area contributed by atoms with Gasteiger partial charge in [-0.1, -0.05) is 59.6 Å². The Morgan fingerprint density at radius 1 is 1.05 bits per heavy atom. The number of benzene rings is 3. The molecule has 0 amide bonds. The van der Waals surface area contributed by atoms with Gasteiger partial charge in [-0.25, -0.2) is 13.9 Å². The number of rotatable bonds is 4. The molecule has 0 bridgehead atoms. The average Bonchev–Trinajstić information content (AvgIpc) is 3.44. The monoisotopic (exact) mass is 583 g/mol. The zero-order chi connectivity index (χ0) is 26.7. The van der Waals surface area contributed by atoms with Crippen molar-refractivity contribution in [3.8, 4) is 10.6 Å². The molecule has 1 N–H and O–H groups in total. The molecule has 2 aliphatic rings.